The number of halogens is 4. The number of likely N-dealkylation sites (tertiary alicyclic amines) is 1. The number of carboxylic acid groups (broad SMARTS) is 1. The molecule has 0 unspecified atom stereocenters. The van der Waals surface area contributed by atoms with Crippen LogP contribution in [0, 0.1) is 24.7 Å². The number of hydrogen-bond acceptors (Lipinski definition) is 3. The molecule has 0 bridgehead atoms. The Morgan fingerprint density at radius 3 is 2.68 bits per heavy atom. The minimum Gasteiger partial charge on any atom is -0.489 e. The van der Waals surface area contributed by atoms with Crippen LogP contribution in [-0.2, 0) is 17.4 Å². The van der Waals surface area contributed by atoms with E-state index < -0.39 is 17.7 Å². The number of hydrogen-bond donors (Lipinski definition) is 1. The van der Waals surface area contributed by atoms with Gasteiger partial charge in [0.15, 0.2) is 0 Å². The Hall–Kier alpha value is -2.95. The fraction of sp³-hybridized carbons (Fsp3) is 0.346. The average molecular weight is 492 g/mol. The number of ether oxygens (including phenoxy) is 1. The van der Waals surface area contributed by atoms with Gasteiger partial charge in [0.25, 0.3) is 0 Å². The molecule has 0 aliphatic carbocycles. The van der Waals surface area contributed by atoms with Gasteiger partial charge in [-0.1, -0.05) is 35.6 Å². The third-order valence-corrected chi connectivity index (χ3v) is 5.84. The molecule has 0 amide bonds. The van der Waals surface area contributed by atoms with Gasteiger partial charge in [-0.25, -0.2) is 0 Å². The highest BCUT2D eigenvalue weighted by molar-refractivity contribution is 5.85. The minimum atomic E-state index is -4.37. The minimum absolute atomic E-state index is 0. The van der Waals surface area contributed by atoms with Crippen LogP contribution in [0.5, 0.6) is 5.75 Å². The molecule has 180 valence electrons. The standard InChI is InChI=1S/C26H24F3NO3.ClH/c1-17-6-8-20(23(10-17)26(27,28)29)5-3-2-4-18-7-9-21-11-19(16-33-24(21)12-18)13-30-14-22(15-30)25(31)32;/h6-12,22H,3,5,13-16H2,1H3,(H,31,32);1H. The summed E-state index contributed by atoms with van der Waals surface area (Å²) in [6, 6.07) is 10.0. The zero-order chi connectivity index (χ0) is 23.6. The monoisotopic (exact) mass is 491 g/mol. The normalized spacial score (nSPS) is 15.6. The molecule has 0 spiro atoms. The van der Waals surface area contributed by atoms with Gasteiger partial charge >= 0.3 is 12.1 Å². The molecule has 8 heteroatoms. The molecule has 1 N–H and O–H groups in total. The predicted octanol–water partition coefficient (Wildman–Crippen LogP) is 5.21. The van der Waals surface area contributed by atoms with Gasteiger partial charge in [-0.05, 0) is 48.8 Å². The quantitative estimate of drug-likeness (QED) is 0.583. The molecule has 0 atom stereocenters. The summed E-state index contributed by atoms with van der Waals surface area (Å²) < 4.78 is 45.6. The predicted molar refractivity (Wildman–Crippen MR) is 126 cm³/mol. The van der Waals surface area contributed by atoms with Crippen LogP contribution in [0.25, 0.3) is 6.08 Å². The van der Waals surface area contributed by atoms with Gasteiger partial charge in [0, 0.05) is 37.2 Å². The molecule has 2 aromatic rings. The van der Waals surface area contributed by atoms with Crippen molar-refractivity contribution < 1.29 is 27.8 Å². The maximum atomic E-state index is 13.3. The molecule has 2 aromatic carbocycles. The Morgan fingerprint density at radius 1 is 1.21 bits per heavy atom. The zero-order valence-corrected chi connectivity index (χ0v) is 19.4. The van der Waals surface area contributed by atoms with E-state index in [2.05, 4.69) is 22.8 Å². The first-order chi connectivity index (χ1) is 15.7. The van der Waals surface area contributed by atoms with Crippen LogP contribution in [0.4, 0.5) is 13.2 Å². The lowest BCUT2D eigenvalue weighted by atomic mass is 9.98. The third-order valence-electron chi connectivity index (χ3n) is 5.84. The summed E-state index contributed by atoms with van der Waals surface area (Å²) in [6.07, 6.45) is -1.76. The maximum Gasteiger partial charge on any atom is 0.416 e. The van der Waals surface area contributed by atoms with E-state index in [1.54, 1.807) is 13.0 Å². The first-order valence-electron chi connectivity index (χ1n) is 10.8. The van der Waals surface area contributed by atoms with Gasteiger partial charge in [-0.15, -0.1) is 12.4 Å². The van der Waals surface area contributed by atoms with Gasteiger partial charge in [-0.2, -0.15) is 13.2 Å². The maximum absolute atomic E-state index is 13.3. The molecule has 4 nitrogen and oxygen atoms in total. The highest BCUT2D eigenvalue weighted by Gasteiger charge is 2.33. The number of aryl methyl sites for hydroxylation is 2. The number of benzene rings is 2. The Bertz CT molecular complexity index is 1160. The van der Waals surface area contributed by atoms with Crippen molar-refractivity contribution in [3.05, 3.63) is 69.8 Å². The summed E-state index contributed by atoms with van der Waals surface area (Å²) in [5.74, 6) is 5.67. The summed E-state index contributed by atoms with van der Waals surface area (Å²) in [7, 11) is 0. The number of carbonyl (C=O) groups is 1. The number of rotatable bonds is 5. The number of aliphatic carboxylic acids is 1. The van der Waals surface area contributed by atoms with Crippen LogP contribution in [0.15, 0.2) is 42.0 Å². The van der Waals surface area contributed by atoms with Crippen LogP contribution in [-0.4, -0.2) is 42.2 Å². The van der Waals surface area contributed by atoms with E-state index in [0.717, 1.165) is 22.4 Å². The molecule has 2 aliphatic rings. The first-order valence-corrected chi connectivity index (χ1v) is 10.8. The fourth-order valence-corrected chi connectivity index (χ4v) is 4.06. The van der Waals surface area contributed by atoms with Crippen LogP contribution < -0.4 is 4.74 Å². The topological polar surface area (TPSA) is 49.8 Å². The first kappa shape index (κ1) is 25.7. The Labute approximate surface area is 202 Å². The van der Waals surface area contributed by atoms with Gasteiger partial charge in [0.05, 0.1) is 11.5 Å². The summed E-state index contributed by atoms with van der Waals surface area (Å²) in [4.78, 5) is 13.0. The van der Waals surface area contributed by atoms with Crippen molar-refractivity contribution in [1.82, 2.24) is 4.90 Å². The van der Waals surface area contributed by atoms with Gasteiger partial charge < -0.3 is 9.84 Å². The van der Waals surface area contributed by atoms with Gasteiger partial charge in [-0.3, -0.25) is 9.69 Å². The zero-order valence-electron chi connectivity index (χ0n) is 18.6. The molecular formula is C26H25ClF3NO3. The molecule has 1 fully saturated rings. The SMILES string of the molecule is Cc1ccc(CCC#Cc2ccc3c(c2)OCC(CN2CC(C(=O)O)C2)=C3)c(C(F)(F)F)c1.Cl. The van der Waals surface area contributed by atoms with Crippen LogP contribution in [0.3, 0.4) is 0 Å². The van der Waals surface area contributed by atoms with E-state index >= 15 is 0 Å². The Morgan fingerprint density at radius 2 is 1.97 bits per heavy atom. The van der Waals surface area contributed by atoms with Crippen molar-refractivity contribution in [1.29, 1.82) is 0 Å². The molecule has 0 aromatic heterocycles. The molecule has 4 rings (SSSR count). The second-order valence-electron chi connectivity index (χ2n) is 8.53. The molecule has 0 radical (unpaired) electrons. The second-order valence-corrected chi connectivity index (χ2v) is 8.53. The van der Waals surface area contributed by atoms with Crippen molar-refractivity contribution in [2.75, 3.05) is 26.2 Å². The lowest BCUT2D eigenvalue weighted by Gasteiger charge is -2.37. The summed E-state index contributed by atoms with van der Waals surface area (Å²) >= 11 is 0. The fourth-order valence-electron chi connectivity index (χ4n) is 4.06. The van der Waals surface area contributed by atoms with E-state index in [4.69, 9.17) is 9.84 Å². The summed E-state index contributed by atoms with van der Waals surface area (Å²) in [5.41, 5.74) is 3.02. The highest BCUT2D eigenvalue weighted by Crippen LogP contribution is 2.33. The average Bonchev–Trinajstić information content (AvgIpc) is 2.73. The van der Waals surface area contributed by atoms with E-state index in [-0.39, 0.29) is 30.3 Å². The summed E-state index contributed by atoms with van der Waals surface area (Å²) in [5, 5.41) is 8.98. The van der Waals surface area contributed by atoms with Crippen molar-refractivity contribution in [2.24, 2.45) is 5.92 Å². The van der Waals surface area contributed by atoms with Crippen LogP contribution in [0.2, 0.25) is 0 Å². The van der Waals surface area contributed by atoms with Crippen molar-refractivity contribution >= 4 is 24.5 Å². The smallest absolute Gasteiger partial charge is 0.416 e. The molecule has 2 heterocycles. The van der Waals surface area contributed by atoms with Crippen molar-refractivity contribution in [3.8, 4) is 17.6 Å². The van der Waals surface area contributed by atoms with Gasteiger partial charge in [0.2, 0.25) is 0 Å². The number of nitrogens with zero attached hydrogens (tertiary/aromatic N) is 1. The number of fused-ring (bicyclic) bond motifs is 1. The van der Waals surface area contributed by atoms with Crippen molar-refractivity contribution in [3.63, 3.8) is 0 Å². The highest BCUT2D eigenvalue weighted by atomic mass is 35.5. The van der Waals surface area contributed by atoms with Crippen molar-refractivity contribution in [2.45, 2.75) is 25.9 Å². The van der Waals surface area contributed by atoms with E-state index in [1.165, 1.54) is 12.1 Å². The van der Waals surface area contributed by atoms with Crippen LogP contribution >= 0.6 is 12.4 Å². The molecule has 2 aliphatic heterocycles. The lowest BCUT2D eigenvalue weighted by Crippen LogP contribution is -2.51. The van der Waals surface area contributed by atoms with Crippen LogP contribution in [0.1, 0.15) is 34.2 Å². The molecule has 1 saturated heterocycles. The van der Waals surface area contributed by atoms with E-state index in [9.17, 15) is 18.0 Å². The van der Waals surface area contributed by atoms with Gasteiger partial charge in [0.1, 0.15) is 12.4 Å². The molecule has 0 saturated carbocycles. The Kier molecular flexibility index (Phi) is 7.96. The molecular weight excluding hydrogens is 467 g/mol. The lowest BCUT2D eigenvalue weighted by molar-refractivity contribution is -0.147. The Balaban J connectivity index is 0.00000324. The van der Waals surface area contributed by atoms with E-state index in [1.807, 2.05) is 18.2 Å². The number of alkyl halides is 3. The van der Waals surface area contributed by atoms with E-state index in [0.29, 0.717) is 38.2 Å². The summed E-state index contributed by atoms with van der Waals surface area (Å²) in [6.45, 7) is 3.88. The molecule has 34 heavy (non-hydrogen) atoms. The third kappa shape index (κ3) is 6.13. The second kappa shape index (κ2) is 10.5. The largest absolute Gasteiger partial charge is 0.489 e. The number of carboxylic acids is 1.